The predicted molar refractivity (Wildman–Crippen MR) is 116 cm³/mol. The van der Waals surface area contributed by atoms with E-state index in [1.807, 2.05) is 12.1 Å². The number of H-pyrrole nitrogens is 1. The molecule has 0 bridgehead atoms. The fourth-order valence-corrected chi connectivity index (χ4v) is 5.05. The van der Waals surface area contributed by atoms with Gasteiger partial charge in [-0.05, 0) is 35.7 Å². The Balaban J connectivity index is 1.53. The number of hydrogen-bond donors (Lipinski definition) is 1. The number of para-hydroxylation sites is 1. The fraction of sp³-hybridized carbons (Fsp3) is 0.320. The van der Waals surface area contributed by atoms with Crippen LogP contribution >= 0.6 is 0 Å². The number of pyridine rings is 1. The van der Waals surface area contributed by atoms with Gasteiger partial charge in [-0.3, -0.25) is 4.98 Å². The zero-order valence-electron chi connectivity index (χ0n) is 17.3. The Hall–Kier alpha value is -2.96. The van der Waals surface area contributed by atoms with E-state index in [4.69, 9.17) is 19.2 Å². The van der Waals surface area contributed by atoms with E-state index in [9.17, 15) is 4.39 Å². The molecule has 2 aromatic carbocycles. The third kappa shape index (κ3) is 3.01. The van der Waals surface area contributed by atoms with Gasteiger partial charge in [0.1, 0.15) is 0 Å². The van der Waals surface area contributed by atoms with Gasteiger partial charge in [-0.2, -0.15) is 0 Å². The summed E-state index contributed by atoms with van der Waals surface area (Å²) in [5, 5.41) is 2.36. The summed E-state index contributed by atoms with van der Waals surface area (Å²) < 4.78 is 31.4. The Morgan fingerprint density at radius 3 is 2.81 bits per heavy atom. The van der Waals surface area contributed by atoms with E-state index in [1.165, 1.54) is 29.5 Å². The molecule has 3 heterocycles. The van der Waals surface area contributed by atoms with Crippen LogP contribution in [0.4, 0.5) is 4.39 Å². The van der Waals surface area contributed by atoms with E-state index in [0.717, 1.165) is 40.8 Å². The minimum absolute atomic E-state index is 0.250. The molecular formula is C25H23FN2O3. The second-order valence-corrected chi connectivity index (χ2v) is 8.33. The van der Waals surface area contributed by atoms with Gasteiger partial charge in [0.15, 0.2) is 17.4 Å². The highest BCUT2D eigenvalue weighted by Gasteiger charge is 2.41. The van der Waals surface area contributed by atoms with Crippen molar-refractivity contribution in [3.63, 3.8) is 0 Å². The van der Waals surface area contributed by atoms with Crippen LogP contribution in [0.15, 0.2) is 42.5 Å². The van der Waals surface area contributed by atoms with Gasteiger partial charge in [-0.1, -0.05) is 24.3 Å². The molecule has 158 valence electrons. The molecule has 6 heteroatoms. The molecule has 31 heavy (non-hydrogen) atoms. The van der Waals surface area contributed by atoms with Crippen LogP contribution in [0.1, 0.15) is 28.9 Å². The number of rotatable bonds is 3. The standard InChI is InChI=1S/C25H23FN2O3/c1-29-22-7-6-15(12-18(22)26)13-21-24-23(16-4-2-3-5-19(16)28-24)17-14-25(30-10-11-31-25)9-8-20(17)27-21/h2-7,12,28H,8-11,13-14H2,1H3. The Kier molecular flexibility index (Phi) is 4.26. The number of fused-ring (bicyclic) bond motifs is 5. The van der Waals surface area contributed by atoms with Crippen LogP contribution in [0.25, 0.3) is 21.8 Å². The molecule has 1 aliphatic carbocycles. The third-order valence-electron chi connectivity index (χ3n) is 6.50. The van der Waals surface area contributed by atoms with Crippen LogP contribution in [0.3, 0.4) is 0 Å². The number of nitrogens with one attached hydrogen (secondary N) is 1. The van der Waals surface area contributed by atoms with E-state index in [1.54, 1.807) is 6.07 Å². The van der Waals surface area contributed by atoms with Crippen LogP contribution in [0.2, 0.25) is 0 Å². The SMILES string of the molecule is COc1ccc(Cc2nc3c(c4c2[nH]c2ccccc24)CC2(CC3)OCCO2)cc1F. The van der Waals surface area contributed by atoms with Crippen LogP contribution in [-0.2, 0) is 28.7 Å². The van der Waals surface area contributed by atoms with Crippen molar-refractivity contribution in [3.05, 3.63) is 70.8 Å². The van der Waals surface area contributed by atoms with Crippen LogP contribution in [-0.4, -0.2) is 36.1 Å². The highest BCUT2D eigenvalue weighted by Crippen LogP contribution is 2.41. The number of aromatic amines is 1. The van der Waals surface area contributed by atoms with Gasteiger partial charge in [-0.15, -0.1) is 0 Å². The Bertz CT molecular complexity index is 1310. The second-order valence-electron chi connectivity index (χ2n) is 8.33. The number of nitrogens with zero attached hydrogens (tertiary/aromatic N) is 1. The van der Waals surface area contributed by atoms with Crippen molar-refractivity contribution in [1.82, 2.24) is 9.97 Å². The normalized spacial score (nSPS) is 17.5. The summed E-state index contributed by atoms with van der Waals surface area (Å²) in [4.78, 5) is 8.63. The van der Waals surface area contributed by atoms with Crippen LogP contribution in [0.5, 0.6) is 5.75 Å². The molecule has 2 aromatic heterocycles. The monoisotopic (exact) mass is 418 g/mol. The summed E-state index contributed by atoms with van der Waals surface area (Å²) in [6.45, 7) is 1.28. The average Bonchev–Trinajstić information content (AvgIpc) is 3.40. The van der Waals surface area contributed by atoms with Gasteiger partial charge in [0, 0.05) is 41.2 Å². The second kappa shape index (κ2) is 7.04. The van der Waals surface area contributed by atoms with Crippen molar-refractivity contribution in [1.29, 1.82) is 0 Å². The molecule has 0 radical (unpaired) electrons. The van der Waals surface area contributed by atoms with Crippen LogP contribution in [0, 0.1) is 5.82 Å². The lowest BCUT2D eigenvalue weighted by Crippen LogP contribution is -2.37. The summed E-state index contributed by atoms with van der Waals surface area (Å²) in [6, 6.07) is 13.4. The van der Waals surface area contributed by atoms with E-state index in [0.29, 0.717) is 26.1 Å². The number of hydrogen-bond acceptors (Lipinski definition) is 4. The first-order valence-corrected chi connectivity index (χ1v) is 10.7. The van der Waals surface area contributed by atoms with Gasteiger partial charge < -0.3 is 19.2 Å². The lowest BCUT2D eigenvalue weighted by Gasteiger charge is -2.33. The largest absolute Gasteiger partial charge is 0.494 e. The van der Waals surface area contributed by atoms with Crippen molar-refractivity contribution in [2.24, 2.45) is 0 Å². The minimum Gasteiger partial charge on any atom is -0.494 e. The molecule has 0 amide bonds. The first-order chi connectivity index (χ1) is 15.2. The number of ether oxygens (including phenoxy) is 3. The highest BCUT2D eigenvalue weighted by atomic mass is 19.1. The maximum Gasteiger partial charge on any atom is 0.172 e. The Morgan fingerprint density at radius 1 is 1.16 bits per heavy atom. The first kappa shape index (κ1) is 18.8. The fourth-order valence-electron chi connectivity index (χ4n) is 5.05. The molecule has 5 nitrogen and oxygen atoms in total. The Labute approximate surface area is 179 Å². The number of halogens is 1. The topological polar surface area (TPSA) is 56.4 Å². The summed E-state index contributed by atoms with van der Waals surface area (Å²) >= 11 is 0. The maximum atomic E-state index is 14.3. The molecule has 0 saturated carbocycles. The zero-order chi connectivity index (χ0) is 21.0. The van der Waals surface area contributed by atoms with Gasteiger partial charge in [0.25, 0.3) is 0 Å². The van der Waals surface area contributed by atoms with E-state index < -0.39 is 5.79 Å². The molecule has 0 unspecified atom stereocenters. The molecule has 0 atom stereocenters. The van der Waals surface area contributed by atoms with Gasteiger partial charge in [0.2, 0.25) is 0 Å². The molecule has 1 fully saturated rings. The first-order valence-electron chi connectivity index (χ1n) is 10.7. The number of benzene rings is 2. The van der Waals surface area contributed by atoms with Crippen molar-refractivity contribution >= 4 is 21.8 Å². The van der Waals surface area contributed by atoms with Crippen molar-refractivity contribution in [2.45, 2.75) is 31.5 Å². The number of aryl methyl sites for hydroxylation is 1. The van der Waals surface area contributed by atoms with Gasteiger partial charge in [-0.25, -0.2) is 4.39 Å². The lowest BCUT2D eigenvalue weighted by atomic mass is 9.87. The molecule has 1 saturated heterocycles. The maximum absolute atomic E-state index is 14.3. The Morgan fingerprint density at radius 2 is 2.00 bits per heavy atom. The number of aromatic nitrogens is 2. The van der Waals surface area contributed by atoms with E-state index in [2.05, 4.69) is 23.2 Å². The van der Waals surface area contributed by atoms with Crippen molar-refractivity contribution in [2.75, 3.05) is 20.3 Å². The van der Waals surface area contributed by atoms with E-state index >= 15 is 0 Å². The zero-order valence-corrected chi connectivity index (χ0v) is 17.3. The average molecular weight is 418 g/mol. The quantitative estimate of drug-likeness (QED) is 0.525. The molecule has 6 rings (SSSR count). The third-order valence-corrected chi connectivity index (χ3v) is 6.50. The molecule has 1 aliphatic heterocycles. The van der Waals surface area contributed by atoms with E-state index in [-0.39, 0.29) is 11.6 Å². The molecule has 1 N–H and O–H groups in total. The van der Waals surface area contributed by atoms with Crippen LogP contribution < -0.4 is 4.74 Å². The number of methoxy groups -OCH3 is 1. The highest BCUT2D eigenvalue weighted by molar-refractivity contribution is 6.10. The van der Waals surface area contributed by atoms with Gasteiger partial charge in [0.05, 0.1) is 31.5 Å². The summed E-state index contributed by atoms with van der Waals surface area (Å²) in [7, 11) is 1.47. The van der Waals surface area contributed by atoms with Crippen molar-refractivity contribution in [3.8, 4) is 5.75 Å². The molecular weight excluding hydrogens is 395 g/mol. The minimum atomic E-state index is -0.527. The molecule has 1 spiro atoms. The molecule has 2 aliphatic rings. The summed E-state index contributed by atoms with van der Waals surface area (Å²) in [6.07, 6.45) is 2.84. The smallest absolute Gasteiger partial charge is 0.172 e. The van der Waals surface area contributed by atoms with Crippen molar-refractivity contribution < 1.29 is 18.6 Å². The lowest BCUT2D eigenvalue weighted by molar-refractivity contribution is -0.163. The summed E-state index contributed by atoms with van der Waals surface area (Å²) in [5.74, 6) is -0.635. The van der Waals surface area contributed by atoms with Gasteiger partial charge >= 0.3 is 0 Å². The molecule has 4 aromatic rings. The summed E-state index contributed by atoms with van der Waals surface area (Å²) in [5.41, 5.74) is 6.16. The predicted octanol–water partition coefficient (Wildman–Crippen LogP) is 4.69.